The summed E-state index contributed by atoms with van der Waals surface area (Å²) in [7, 11) is 1.84. The third-order valence-electron chi connectivity index (χ3n) is 2.59. The summed E-state index contributed by atoms with van der Waals surface area (Å²) in [6.07, 6.45) is 3.88. The summed E-state index contributed by atoms with van der Waals surface area (Å²) in [6.45, 7) is 0.333. The Morgan fingerprint density at radius 3 is 3.00 bits per heavy atom. The van der Waals surface area contributed by atoms with Crippen LogP contribution in [0.1, 0.15) is 17.7 Å². The van der Waals surface area contributed by atoms with Crippen LogP contribution in [-0.4, -0.2) is 29.8 Å². The van der Waals surface area contributed by atoms with Gasteiger partial charge in [0.25, 0.3) is 0 Å². The zero-order valence-electron chi connectivity index (χ0n) is 8.53. The average molecular weight is 226 g/mol. The maximum absolute atomic E-state index is 10.5. The number of nitrogens with zero attached hydrogens (tertiary/aromatic N) is 3. The Bertz CT molecular complexity index is 394. The van der Waals surface area contributed by atoms with Gasteiger partial charge >= 0.3 is 0 Å². The van der Waals surface area contributed by atoms with Crippen molar-refractivity contribution in [3.05, 3.63) is 16.5 Å². The first-order chi connectivity index (χ1) is 7.22. The number of likely N-dealkylation sites (N-methyl/N-ethyl adjacent to an activating group) is 1. The summed E-state index contributed by atoms with van der Waals surface area (Å²) in [5.74, 6) is 0.801. The number of aromatic nitrogens is 2. The fraction of sp³-hybridized carbons (Fsp3) is 0.500. The molecule has 2 rings (SSSR count). The third-order valence-corrected chi connectivity index (χ3v) is 2.76. The molecule has 0 N–H and O–H groups in total. The Balaban J connectivity index is 2.41. The zero-order chi connectivity index (χ0) is 10.8. The Hall–Kier alpha value is -1.16. The van der Waals surface area contributed by atoms with Crippen molar-refractivity contribution in [1.82, 2.24) is 9.97 Å². The van der Waals surface area contributed by atoms with E-state index in [1.807, 2.05) is 11.9 Å². The van der Waals surface area contributed by atoms with Gasteiger partial charge in [-0.2, -0.15) is 0 Å². The van der Waals surface area contributed by atoms with E-state index in [4.69, 9.17) is 11.6 Å². The van der Waals surface area contributed by atoms with E-state index in [2.05, 4.69) is 9.97 Å². The molecule has 0 atom stereocenters. The SMILES string of the molecule is CN(CC=O)c1nc(Cl)nc2c1CCC2. The van der Waals surface area contributed by atoms with Crippen LogP contribution in [0.25, 0.3) is 0 Å². The minimum absolute atomic E-state index is 0.267. The Labute approximate surface area is 93.3 Å². The minimum Gasteiger partial charge on any atom is -0.352 e. The first-order valence-corrected chi connectivity index (χ1v) is 5.30. The van der Waals surface area contributed by atoms with E-state index in [9.17, 15) is 4.79 Å². The van der Waals surface area contributed by atoms with E-state index in [1.165, 1.54) is 0 Å². The molecule has 4 nitrogen and oxygen atoms in total. The highest BCUT2D eigenvalue weighted by Crippen LogP contribution is 2.28. The molecule has 1 aliphatic carbocycles. The first-order valence-electron chi connectivity index (χ1n) is 4.92. The Morgan fingerprint density at radius 1 is 1.47 bits per heavy atom. The van der Waals surface area contributed by atoms with Crippen molar-refractivity contribution in [2.45, 2.75) is 19.3 Å². The average Bonchev–Trinajstić information content (AvgIpc) is 2.64. The molecule has 5 heteroatoms. The van der Waals surface area contributed by atoms with E-state index in [-0.39, 0.29) is 5.28 Å². The van der Waals surface area contributed by atoms with E-state index in [0.717, 1.165) is 42.6 Å². The molecule has 0 radical (unpaired) electrons. The highest BCUT2D eigenvalue weighted by molar-refractivity contribution is 6.28. The zero-order valence-corrected chi connectivity index (χ0v) is 9.29. The number of halogens is 1. The van der Waals surface area contributed by atoms with Crippen molar-refractivity contribution in [2.75, 3.05) is 18.5 Å². The molecule has 0 aliphatic heterocycles. The second-order valence-corrected chi connectivity index (χ2v) is 3.98. The molecule has 1 aromatic heterocycles. The molecule has 0 aromatic carbocycles. The molecular formula is C10H12ClN3O. The molecule has 0 amide bonds. The Kier molecular flexibility index (Phi) is 2.86. The largest absolute Gasteiger partial charge is 0.352 e. The lowest BCUT2D eigenvalue weighted by Crippen LogP contribution is -2.22. The summed E-state index contributed by atoms with van der Waals surface area (Å²) < 4.78 is 0. The Morgan fingerprint density at radius 2 is 2.27 bits per heavy atom. The molecule has 0 saturated carbocycles. The molecule has 0 fully saturated rings. The topological polar surface area (TPSA) is 46.1 Å². The van der Waals surface area contributed by atoms with Crippen LogP contribution in [0.3, 0.4) is 0 Å². The van der Waals surface area contributed by atoms with Crippen molar-refractivity contribution >= 4 is 23.7 Å². The lowest BCUT2D eigenvalue weighted by atomic mass is 10.2. The molecule has 80 valence electrons. The number of hydrogen-bond donors (Lipinski definition) is 0. The third kappa shape index (κ3) is 1.95. The van der Waals surface area contributed by atoms with Crippen LogP contribution in [0.5, 0.6) is 0 Å². The number of carbonyl (C=O) groups is 1. The summed E-state index contributed by atoms with van der Waals surface area (Å²) in [6, 6.07) is 0. The van der Waals surface area contributed by atoms with E-state index in [0.29, 0.717) is 6.54 Å². The van der Waals surface area contributed by atoms with Gasteiger partial charge in [-0.1, -0.05) is 0 Å². The fourth-order valence-electron chi connectivity index (χ4n) is 1.90. The van der Waals surface area contributed by atoms with Crippen LogP contribution in [0, 0.1) is 0 Å². The number of hydrogen-bond acceptors (Lipinski definition) is 4. The summed E-state index contributed by atoms with van der Waals surface area (Å²) >= 11 is 5.84. The predicted octanol–water partition coefficient (Wildman–Crippen LogP) is 1.25. The molecule has 0 bridgehead atoms. The van der Waals surface area contributed by atoms with Gasteiger partial charge in [-0.3, -0.25) is 0 Å². The fourth-order valence-corrected chi connectivity index (χ4v) is 2.08. The van der Waals surface area contributed by atoms with Gasteiger partial charge in [-0.25, -0.2) is 9.97 Å². The van der Waals surface area contributed by atoms with Gasteiger partial charge in [-0.15, -0.1) is 0 Å². The predicted molar refractivity (Wildman–Crippen MR) is 58.4 cm³/mol. The molecule has 1 aliphatic rings. The standard InChI is InChI=1S/C10H12ClN3O/c1-14(5-6-15)9-7-3-2-4-8(7)12-10(11)13-9/h6H,2-5H2,1H3. The van der Waals surface area contributed by atoms with Crippen molar-refractivity contribution in [1.29, 1.82) is 0 Å². The second kappa shape index (κ2) is 4.14. The van der Waals surface area contributed by atoms with Crippen LogP contribution in [0.15, 0.2) is 0 Å². The van der Waals surface area contributed by atoms with Gasteiger partial charge < -0.3 is 9.69 Å². The van der Waals surface area contributed by atoms with Crippen LogP contribution in [0.4, 0.5) is 5.82 Å². The molecule has 15 heavy (non-hydrogen) atoms. The highest BCUT2D eigenvalue weighted by atomic mass is 35.5. The van der Waals surface area contributed by atoms with Crippen molar-refractivity contribution in [2.24, 2.45) is 0 Å². The van der Waals surface area contributed by atoms with E-state index < -0.39 is 0 Å². The maximum Gasteiger partial charge on any atom is 0.224 e. The van der Waals surface area contributed by atoms with Gasteiger partial charge in [0, 0.05) is 12.6 Å². The lowest BCUT2D eigenvalue weighted by molar-refractivity contribution is -0.106. The quantitative estimate of drug-likeness (QED) is 0.574. The molecule has 0 spiro atoms. The number of anilines is 1. The molecule has 1 heterocycles. The van der Waals surface area contributed by atoms with Crippen LogP contribution in [0.2, 0.25) is 5.28 Å². The summed E-state index contributed by atoms with van der Waals surface area (Å²) in [5.41, 5.74) is 2.17. The second-order valence-electron chi connectivity index (χ2n) is 3.64. The maximum atomic E-state index is 10.5. The number of fused-ring (bicyclic) bond motifs is 1. The molecule has 0 unspecified atom stereocenters. The monoisotopic (exact) mass is 225 g/mol. The molecule has 0 saturated heterocycles. The van der Waals surface area contributed by atoms with Crippen molar-refractivity contribution in [3.8, 4) is 0 Å². The number of aryl methyl sites for hydroxylation is 1. The smallest absolute Gasteiger partial charge is 0.224 e. The van der Waals surface area contributed by atoms with Gasteiger partial charge in [0.1, 0.15) is 12.1 Å². The van der Waals surface area contributed by atoms with Crippen molar-refractivity contribution < 1.29 is 4.79 Å². The van der Waals surface area contributed by atoms with Crippen molar-refractivity contribution in [3.63, 3.8) is 0 Å². The number of rotatable bonds is 3. The van der Waals surface area contributed by atoms with Gasteiger partial charge in [-0.05, 0) is 30.9 Å². The summed E-state index contributed by atoms with van der Waals surface area (Å²) in [5, 5.41) is 0.267. The molecule has 1 aromatic rings. The van der Waals surface area contributed by atoms with Gasteiger partial charge in [0.15, 0.2) is 0 Å². The first kappa shape index (κ1) is 10.4. The van der Waals surface area contributed by atoms with Crippen LogP contribution in [-0.2, 0) is 17.6 Å². The van der Waals surface area contributed by atoms with E-state index >= 15 is 0 Å². The van der Waals surface area contributed by atoms with Gasteiger partial charge in [0.05, 0.1) is 12.2 Å². The highest BCUT2D eigenvalue weighted by Gasteiger charge is 2.20. The normalized spacial score (nSPS) is 13.7. The van der Waals surface area contributed by atoms with E-state index in [1.54, 1.807) is 0 Å². The number of carbonyl (C=O) groups excluding carboxylic acids is 1. The summed E-state index contributed by atoms with van der Waals surface area (Å²) in [4.78, 5) is 20.6. The van der Waals surface area contributed by atoms with Crippen LogP contribution >= 0.6 is 11.6 Å². The number of aldehydes is 1. The lowest BCUT2D eigenvalue weighted by Gasteiger charge is -2.18. The molecular weight excluding hydrogens is 214 g/mol. The van der Waals surface area contributed by atoms with Crippen LogP contribution < -0.4 is 4.90 Å². The minimum atomic E-state index is 0.267. The van der Waals surface area contributed by atoms with Gasteiger partial charge in [0.2, 0.25) is 5.28 Å².